The minimum Gasteiger partial charge on any atom is -0.508 e. The lowest BCUT2D eigenvalue weighted by atomic mass is 10.0. The number of amides is 2. The summed E-state index contributed by atoms with van der Waals surface area (Å²) in [5, 5.41) is 17.9. The molecule has 0 spiro atoms. The van der Waals surface area contributed by atoms with Gasteiger partial charge in [0.1, 0.15) is 29.9 Å². The maximum Gasteiger partial charge on any atom is 0.245 e. The Bertz CT molecular complexity index is 1750. The molecule has 3 heterocycles. The van der Waals surface area contributed by atoms with Crippen molar-refractivity contribution >= 4 is 28.5 Å². The van der Waals surface area contributed by atoms with Crippen molar-refractivity contribution in [2.75, 3.05) is 0 Å². The van der Waals surface area contributed by atoms with Crippen LogP contribution in [0.4, 0.5) is 0 Å². The number of aromatic hydroxyl groups is 1. The van der Waals surface area contributed by atoms with Gasteiger partial charge < -0.3 is 15.3 Å². The number of carbonyl (C=O) groups is 3. The van der Waals surface area contributed by atoms with Gasteiger partial charge in [-0.15, -0.1) is 0 Å². The van der Waals surface area contributed by atoms with Gasteiger partial charge in [0.25, 0.3) is 0 Å². The zero-order valence-electron chi connectivity index (χ0n) is 25.1. The summed E-state index contributed by atoms with van der Waals surface area (Å²) in [5.74, 6) is 0.329. The van der Waals surface area contributed by atoms with E-state index in [-0.39, 0.29) is 47.4 Å². The summed E-state index contributed by atoms with van der Waals surface area (Å²) in [6.07, 6.45) is 5.59. The predicted molar refractivity (Wildman–Crippen MR) is 161 cm³/mol. The standard InChI is InChI=1S/C33H36N6O4/c1-18-10-23(24-15-34-21(4)35-16-24)12-26-30(20(3)40)37-38(31(18)26)17-29(42)39-27(13-33(5)14-28(33)39)32(43)36-19(2)11-22-6-8-25(41)9-7-22/h6-10,12,15-16,19,27-28,41H,11,13-14,17H2,1-5H3,(H,36,43)/t19?,27-,28+,33-/m0/s1. The monoisotopic (exact) mass is 580 g/mol. The quantitative estimate of drug-likeness (QED) is 0.300. The van der Waals surface area contributed by atoms with Crippen molar-refractivity contribution in [1.29, 1.82) is 0 Å². The largest absolute Gasteiger partial charge is 0.508 e. The Labute approximate surface area is 250 Å². The zero-order valence-corrected chi connectivity index (χ0v) is 25.1. The van der Waals surface area contributed by atoms with Crippen LogP contribution in [0, 0.1) is 19.3 Å². The molecule has 222 valence electrons. The molecule has 10 heteroatoms. The van der Waals surface area contributed by atoms with E-state index >= 15 is 0 Å². The van der Waals surface area contributed by atoms with E-state index in [9.17, 15) is 19.5 Å². The second-order valence-corrected chi connectivity index (χ2v) is 12.4. The van der Waals surface area contributed by atoms with E-state index in [1.165, 1.54) is 6.92 Å². The number of phenolic OH excluding ortho intramolecular Hbond substituents is 1. The fraction of sp³-hybridized carbons (Fsp3) is 0.394. The number of hydrogen-bond donors (Lipinski definition) is 2. The number of rotatable bonds is 8. The molecule has 1 aliphatic heterocycles. The van der Waals surface area contributed by atoms with Gasteiger partial charge in [-0.2, -0.15) is 5.10 Å². The molecule has 10 nitrogen and oxygen atoms in total. The molecule has 2 aromatic carbocycles. The highest BCUT2D eigenvalue weighted by molar-refractivity contribution is 6.07. The first-order chi connectivity index (χ1) is 20.4. The van der Waals surface area contributed by atoms with Crippen molar-refractivity contribution < 1.29 is 19.5 Å². The summed E-state index contributed by atoms with van der Waals surface area (Å²) in [7, 11) is 0. The molecular formula is C33H36N6O4. The maximum absolute atomic E-state index is 13.9. The van der Waals surface area contributed by atoms with E-state index < -0.39 is 6.04 Å². The van der Waals surface area contributed by atoms with Gasteiger partial charge >= 0.3 is 0 Å². The van der Waals surface area contributed by atoms with Crippen LogP contribution in [0.2, 0.25) is 0 Å². The Morgan fingerprint density at radius 1 is 1.07 bits per heavy atom. The van der Waals surface area contributed by atoms with Crippen molar-refractivity contribution in [2.45, 2.75) is 78.6 Å². The predicted octanol–water partition coefficient (Wildman–Crippen LogP) is 4.15. The lowest BCUT2D eigenvalue weighted by Gasteiger charge is -2.28. The highest BCUT2D eigenvalue weighted by Crippen LogP contribution is 2.59. The molecule has 2 aromatic heterocycles. The van der Waals surface area contributed by atoms with Crippen molar-refractivity contribution in [3.05, 3.63) is 71.4 Å². The number of nitrogens with one attached hydrogen (secondary N) is 1. The minimum atomic E-state index is -0.568. The van der Waals surface area contributed by atoms with E-state index in [4.69, 9.17) is 0 Å². The molecule has 1 aliphatic carbocycles. The second kappa shape index (κ2) is 10.6. The number of phenols is 1. The van der Waals surface area contributed by atoms with Crippen LogP contribution in [0.15, 0.2) is 48.8 Å². The number of Topliss-reactive ketones (excluding diaryl/α,β-unsaturated/α-hetero) is 1. The van der Waals surface area contributed by atoms with Gasteiger partial charge in [0.2, 0.25) is 11.8 Å². The number of nitrogens with zero attached hydrogens (tertiary/aromatic N) is 5. The third kappa shape index (κ3) is 5.37. The van der Waals surface area contributed by atoms with Gasteiger partial charge in [-0.1, -0.05) is 19.1 Å². The summed E-state index contributed by atoms with van der Waals surface area (Å²) < 4.78 is 1.61. The molecule has 4 aromatic rings. The van der Waals surface area contributed by atoms with Gasteiger partial charge in [-0.05, 0) is 86.4 Å². The second-order valence-electron chi connectivity index (χ2n) is 12.4. The average Bonchev–Trinajstić information content (AvgIpc) is 3.30. The number of aromatic nitrogens is 4. The van der Waals surface area contributed by atoms with Crippen LogP contribution in [0.25, 0.3) is 22.0 Å². The van der Waals surface area contributed by atoms with Crippen LogP contribution < -0.4 is 5.32 Å². The summed E-state index contributed by atoms with van der Waals surface area (Å²) in [5.41, 5.74) is 4.51. The van der Waals surface area contributed by atoms with E-state index in [2.05, 4.69) is 27.3 Å². The highest BCUT2D eigenvalue weighted by Gasteiger charge is 2.64. The molecular weight excluding hydrogens is 544 g/mol. The zero-order chi connectivity index (χ0) is 30.6. The molecule has 1 saturated carbocycles. The summed E-state index contributed by atoms with van der Waals surface area (Å²) in [6, 6.07) is 10.1. The van der Waals surface area contributed by atoms with E-state index in [1.807, 2.05) is 45.0 Å². The Kier molecular flexibility index (Phi) is 7.02. The smallest absolute Gasteiger partial charge is 0.245 e. The Morgan fingerprint density at radius 2 is 1.77 bits per heavy atom. The van der Waals surface area contributed by atoms with E-state index in [0.717, 1.165) is 34.2 Å². The molecule has 2 fully saturated rings. The highest BCUT2D eigenvalue weighted by atomic mass is 16.3. The number of carbonyl (C=O) groups excluding carboxylic acids is 3. The topological polar surface area (TPSA) is 130 Å². The van der Waals surface area contributed by atoms with Gasteiger partial charge in [0.15, 0.2) is 5.78 Å². The SMILES string of the molecule is CC(=O)c1nn(CC(=O)N2[C@H](C(=O)NC(C)Cc3ccc(O)cc3)C[C@@]3(C)C[C@@H]23)c2c(C)cc(-c3cnc(C)nc3)cc12. The molecule has 1 saturated heterocycles. The van der Waals surface area contributed by atoms with Gasteiger partial charge in [0.05, 0.1) is 5.52 Å². The fourth-order valence-electron chi connectivity index (χ4n) is 6.56. The van der Waals surface area contributed by atoms with Crippen LogP contribution in [0.3, 0.4) is 0 Å². The molecule has 6 rings (SSSR count). The molecule has 43 heavy (non-hydrogen) atoms. The van der Waals surface area contributed by atoms with Crippen molar-refractivity contribution in [1.82, 2.24) is 30.0 Å². The first-order valence-corrected chi connectivity index (χ1v) is 14.6. The fourth-order valence-corrected chi connectivity index (χ4v) is 6.56. The van der Waals surface area contributed by atoms with Crippen LogP contribution in [-0.4, -0.2) is 65.5 Å². The Morgan fingerprint density at radius 3 is 2.44 bits per heavy atom. The number of likely N-dealkylation sites (tertiary alicyclic amines) is 1. The number of hydrogen-bond acceptors (Lipinski definition) is 7. The van der Waals surface area contributed by atoms with E-state index in [0.29, 0.717) is 29.7 Å². The van der Waals surface area contributed by atoms with Crippen molar-refractivity contribution in [3.8, 4) is 16.9 Å². The number of ketones is 1. The lowest BCUT2D eigenvalue weighted by molar-refractivity contribution is -0.140. The van der Waals surface area contributed by atoms with Crippen LogP contribution in [0.1, 0.15) is 61.1 Å². The third-order valence-corrected chi connectivity index (χ3v) is 8.86. The van der Waals surface area contributed by atoms with Gasteiger partial charge in [-0.3, -0.25) is 19.1 Å². The number of fused-ring (bicyclic) bond motifs is 2. The summed E-state index contributed by atoms with van der Waals surface area (Å²) >= 11 is 0. The van der Waals surface area contributed by atoms with Crippen molar-refractivity contribution in [2.24, 2.45) is 5.41 Å². The number of piperidine rings is 1. The Hall–Kier alpha value is -4.60. The van der Waals surface area contributed by atoms with E-state index in [1.54, 1.807) is 34.1 Å². The molecule has 2 amide bonds. The first kappa shape index (κ1) is 28.5. The normalized spacial score (nSPS) is 21.5. The molecule has 0 bridgehead atoms. The van der Waals surface area contributed by atoms with Crippen molar-refractivity contribution in [3.63, 3.8) is 0 Å². The maximum atomic E-state index is 13.9. The van der Waals surface area contributed by atoms with Gasteiger partial charge in [0, 0.05) is 42.4 Å². The average molecular weight is 581 g/mol. The third-order valence-electron chi connectivity index (χ3n) is 8.86. The minimum absolute atomic E-state index is 0.00601. The summed E-state index contributed by atoms with van der Waals surface area (Å²) in [4.78, 5) is 50.4. The molecule has 1 unspecified atom stereocenters. The number of aryl methyl sites for hydroxylation is 2. The lowest BCUT2D eigenvalue weighted by Crippen LogP contribution is -2.51. The van der Waals surface area contributed by atoms with Crippen LogP contribution in [-0.2, 0) is 22.6 Å². The molecule has 2 aliphatic rings. The first-order valence-electron chi connectivity index (χ1n) is 14.6. The van der Waals surface area contributed by atoms with Crippen LogP contribution >= 0.6 is 0 Å². The summed E-state index contributed by atoms with van der Waals surface area (Å²) in [6.45, 7) is 9.23. The van der Waals surface area contributed by atoms with Gasteiger partial charge in [-0.25, -0.2) is 9.97 Å². The Balaban J connectivity index is 1.25. The number of benzene rings is 2. The van der Waals surface area contributed by atoms with Crippen LogP contribution in [0.5, 0.6) is 5.75 Å². The molecule has 0 radical (unpaired) electrons. The molecule has 4 atom stereocenters. The molecule has 2 N–H and O–H groups in total.